The van der Waals surface area contributed by atoms with Crippen molar-refractivity contribution in [2.24, 2.45) is 7.05 Å². The molecular weight excluding hydrogens is 499 g/mol. The first kappa shape index (κ1) is 23.9. The lowest BCUT2D eigenvalue weighted by molar-refractivity contribution is -0.212. The highest BCUT2D eigenvalue weighted by Crippen LogP contribution is 2.34. The minimum absolute atomic E-state index is 0.0276. The summed E-state index contributed by atoms with van der Waals surface area (Å²) in [6.07, 6.45) is -0.818. The number of fused-ring (bicyclic) bond motifs is 4. The number of nitrogens with zero attached hydrogens (tertiary/aromatic N) is 6. The van der Waals surface area contributed by atoms with Gasteiger partial charge in [0.05, 0.1) is 48.1 Å². The SMILES string of the molecule is CN(C(=O)c1ccc2nc(N)c3cnn(C)c3c2c1)[C@H]1COCc2cc(-c3cnn(C(F)(F)F)c3)ccc21. The second kappa shape index (κ2) is 8.55. The first-order valence-corrected chi connectivity index (χ1v) is 11.7. The minimum Gasteiger partial charge on any atom is -0.383 e. The molecule has 9 nitrogen and oxygen atoms in total. The predicted octanol–water partition coefficient (Wildman–Crippen LogP) is 4.39. The zero-order valence-corrected chi connectivity index (χ0v) is 20.4. The molecule has 12 heteroatoms. The lowest BCUT2D eigenvalue weighted by Crippen LogP contribution is -2.36. The van der Waals surface area contributed by atoms with Crippen molar-refractivity contribution in [3.63, 3.8) is 0 Å². The van der Waals surface area contributed by atoms with Gasteiger partial charge in [-0.25, -0.2) is 4.98 Å². The number of benzene rings is 2. The van der Waals surface area contributed by atoms with E-state index in [4.69, 9.17) is 10.5 Å². The molecule has 1 atom stereocenters. The third kappa shape index (κ3) is 3.84. The van der Waals surface area contributed by atoms with Gasteiger partial charge in [-0.2, -0.15) is 14.9 Å². The standard InChI is InChI=1S/C26H22F3N7O2/c1-34(25(37)15-4-6-21-19(8-15)23-20(24(30)33-21)10-31-35(23)2)22-13-38-12-16-7-14(3-5-18(16)22)17-9-32-36(11-17)26(27,28)29/h3-11,22H,12-13H2,1-2H3,(H2,30,33)/t22-/m0/s1. The average molecular weight is 522 g/mol. The molecule has 2 aromatic carbocycles. The Labute approximate surface area is 214 Å². The number of rotatable bonds is 3. The van der Waals surface area contributed by atoms with Crippen LogP contribution in [0, 0.1) is 0 Å². The maximum Gasteiger partial charge on any atom is 0.504 e. The summed E-state index contributed by atoms with van der Waals surface area (Å²) in [6, 6.07) is 10.2. The van der Waals surface area contributed by atoms with Crippen molar-refractivity contribution in [2.75, 3.05) is 19.4 Å². The fourth-order valence-electron chi connectivity index (χ4n) is 4.97. The van der Waals surface area contributed by atoms with Gasteiger partial charge in [-0.1, -0.05) is 12.1 Å². The van der Waals surface area contributed by atoms with Gasteiger partial charge in [0, 0.05) is 36.8 Å². The van der Waals surface area contributed by atoms with Crippen LogP contribution in [0.2, 0.25) is 0 Å². The topological polar surface area (TPSA) is 104 Å². The van der Waals surface area contributed by atoms with Crippen molar-refractivity contribution < 1.29 is 22.7 Å². The molecule has 0 aliphatic carbocycles. The number of carbonyl (C=O) groups excluding carboxylic acids is 1. The van der Waals surface area contributed by atoms with Gasteiger partial charge < -0.3 is 15.4 Å². The van der Waals surface area contributed by atoms with E-state index in [9.17, 15) is 18.0 Å². The zero-order valence-electron chi connectivity index (χ0n) is 20.4. The third-order valence-electron chi connectivity index (χ3n) is 6.95. The van der Waals surface area contributed by atoms with E-state index in [0.29, 0.717) is 33.4 Å². The van der Waals surface area contributed by atoms with Crippen molar-refractivity contribution in [1.82, 2.24) is 29.4 Å². The Kier molecular flexibility index (Phi) is 5.38. The Bertz CT molecular complexity index is 1720. The number of nitrogens with two attached hydrogens (primary N) is 1. The fraction of sp³-hybridized carbons (Fsp3) is 0.231. The quantitative estimate of drug-likeness (QED) is 0.378. The number of hydrogen-bond donors (Lipinski definition) is 1. The number of amides is 1. The normalized spacial score (nSPS) is 15.7. The summed E-state index contributed by atoms with van der Waals surface area (Å²) in [6.45, 7) is 0.578. The van der Waals surface area contributed by atoms with Gasteiger partial charge in [-0.05, 0) is 41.0 Å². The number of likely N-dealkylation sites (N-methyl/N-ethyl adjacent to an activating group) is 1. The van der Waals surface area contributed by atoms with Crippen LogP contribution < -0.4 is 5.73 Å². The highest BCUT2D eigenvalue weighted by atomic mass is 19.4. The van der Waals surface area contributed by atoms with E-state index in [1.807, 2.05) is 6.07 Å². The predicted molar refractivity (Wildman–Crippen MR) is 134 cm³/mol. The summed E-state index contributed by atoms with van der Waals surface area (Å²) in [5, 5.41) is 9.17. The number of anilines is 1. The molecule has 194 valence electrons. The van der Waals surface area contributed by atoms with Crippen LogP contribution in [0.4, 0.5) is 19.0 Å². The van der Waals surface area contributed by atoms with Crippen LogP contribution in [0.1, 0.15) is 27.5 Å². The molecule has 1 aliphatic rings. The molecule has 0 fully saturated rings. The van der Waals surface area contributed by atoms with Gasteiger partial charge in [-0.3, -0.25) is 9.48 Å². The van der Waals surface area contributed by atoms with Gasteiger partial charge in [-0.15, -0.1) is 13.2 Å². The minimum atomic E-state index is -4.59. The maximum atomic E-state index is 13.6. The number of nitrogen functional groups attached to an aromatic ring is 1. The summed E-state index contributed by atoms with van der Waals surface area (Å²) in [5.41, 5.74) is 10.6. The van der Waals surface area contributed by atoms with Gasteiger partial charge >= 0.3 is 6.30 Å². The number of ether oxygens (including phenoxy) is 1. The van der Waals surface area contributed by atoms with Gasteiger partial charge in [0.2, 0.25) is 0 Å². The van der Waals surface area contributed by atoms with Crippen molar-refractivity contribution in [3.05, 3.63) is 71.7 Å². The van der Waals surface area contributed by atoms with Crippen molar-refractivity contribution in [1.29, 1.82) is 0 Å². The van der Waals surface area contributed by atoms with E-state index in [1.54, 1.807) is 60.2 Å². The second-order valence-corrected chi connectivity index (χ2v) is 9.26. The molecule has 0 radical (unpaired) electrons. The number of halogens is 3. The van der Waals surface area contributed by atoms with E-state index in [0.717, 1.165) is 28.2 Å². The van der Waals surface area contributed by atoms with Crippen LogP contribution >= 0.6 is 0 Å². The number of aromatic nitrogens is 5. The summed E-state index contributed by atoms with van der Waals surface area (Å²) < 4.78 is 46.3. The van der Waals surface area contributed by atoms with Crippen molar-refractivity contribution >= 4 is 33.5 Å². The molecule has 0 spiro atoms. The van der Waals surface area contributed by atoms with Gasteiger partial charge in [0.25, 0.3) is 5.91 Å². The van der Waals surface area contributed by atoms with Gasteiger partial charge in [0.15, 0.2) is 0 Å². The van der Waals surface area contributed by atoms with E-state index >= 15 is 0 Å². The molecule has 1 aliphatic heterocycles. The van der Waals surface area contributed by atoms with E-state index in [-0.39, 0.29) is 29.8 Å². The van der Waals surface area contributed by atoms with E-state index in [1.165, 1.54) is 6.20 Å². The molecule has 4 heterocycles. The molecule has 6 rings (SSSR count). The summed E-state index contributed by atoms with van der Waals surface area (Å²) in [7, 11) is 3.51. The molecule has 0 saturated heterocycles. The zero-order chi connectivity index (χ0) is 26.8. The summed E-state index contributed by atoms with van der Waals surface area (Å²) >= 11 is 0. The van der Waals surface area contributed by atoms with E-state index < -0.39 is 6.30 Å². The molecule has 0 saturated carbocycles. The Balaban J connectivity index is 1.32. The first-order valence-electron chi connectivity index (χ1n) is 11.7. The van der Waals surface area contributed by atoms with Crippen LogP contribution in [-0.2, 0) is 24.7 Å². The van der Waals surface area contributed by atoms with Crippen LogP contribution in [0.15, 0.2) is 55.0 Å². The Morgan fingerprint density at radius 1 is 1.11 bits per heavy atom. The Hall–Kier alpha value is -4.45. The summed E-state index contributed by atoms with van der Waals surface area (Å²) in [5.74, 6) is 0.161. The van der Waals surface area contributed by atoms with Gasteiger partial charge in [0.1, 0.15) is 5.82 Å². The number of carbonyl (C=O) groups is 1. The Morgan fingerprint density at radius 3 is 2.68 bits per heavy atom. The monoisotopic (exact) mass is 521 g/mol. The largest absolute Gasteiger partial charge is 0.504 e. The molecule has 0 unspecified atom stereocenters. The van der Waals surface area contributed by atoms with Crippen LogP contribution in [-0.4, -0.2) is 49.0 Å². The van der Waals surface area contributed by atoms with Crippen molar-refractivity contribution in [2.45, 2.75) is 18.9 Å². The van der Waals surface area contributed by atoms with Crippen molar-refractivity contribution in [3.8, 4) is 11.1 Å². The first-order chi connectivity index (χ1) is 18.1. The van der Waals surface area contributed by atoms with Crippen LogP contribution in [0.3, 0.4) is 0 Å². The highest BCUT2D eigenvalue weighted by Gasteiger charge is 2.32. The lowest BCUT2D eigenvalue weighted by atomic mass is 9.94. The molecule has 0 bridgehead atoms. The molecule has 2 N–H and O–H groups in total. The lowest BCUT2D eigenvalue weighted by Gasteiger charge is -2.33. The molecule has 1 amide bonds. The summed E-state index contributed by atoms with van der Waals surface area (Å²) in [4.78, 5) is 19.7. The number of aryl methyl sites for hydroxylation is 1. The molecular formula is C26H22F3N7O2. The van der Waals surface area contributed by atoms with E-state index in [2.05, 4.69) is 15.2 Å². The van der Waals surface area contributed by atoms with Crippen LogP contribution in [0.25, 0.3) is 32.9 Å². The molecule has 3 aromatic heterocycles. The Morgan fingerprint density at radius 2 is 1.92 bits per heavy atom. The second-order valence-electron chi connectivity index (χ2n) is 9.26. The van der Waals surface area contributed by atoms with Crippen LogP contribution in [0.5, 0.6) is 0 Å². The maximum absolute atomic E-state index is 13.6. The fourth-order valence-corrected chi connectivity index (χ4v) is 4.97. The number of pyridine rings is 1. The third-order valence-corrected chi connectivity index (χ3v) is 6.95. The molecule has 38 heavy (non-hydrogen) atoms. The molecule has 5 aromatic rings. The number of alkyl halides is 3. The highest BCUT2D eigenvalue weighted by molar-refractivity contribution is 6.10. The smallest absolute Gasteiger partial charge is 0.383 e. The average Bonchev–Trinajstić information content (AvgIpc) is 3.55. The number of hydrogen-bond acceptors (Lipinski definition) is 6.